The van der Waals surface area contributed by atoms with E-state index < -0.39 is 21.9 Å². The van der Waals surface area contributed by atoms with Crippen molar-refractivity contribution in [3.63, 3.8) is 0 Å². The van der Waals surface area contributed by atoms with E-state index in [4.69, 9.17) is 9.47 Å². The summed E-state index contributed by atoms with van der Waals surface area (Å²) in [5, 5.41) is 0. The molecular weight excluding hydrogens is 526 g/mol. The zero-order valence-corrected chi connectivity index (χ0v) is 24.3. The SMILES string of the molecule is CCOc1ccc2c(c1)sc(=NC(=O)c1ccc(S(=O)(=O)N(CC(C)C)CC(C)C)cc1)n2CC(=O)OC. The van der Waals surface area contributed by atoms with Crippen molar-refractivity contribution in [3.8, 4) is 5.75 Å². The lowest BCUT2D eigenvalue weighted by molar-refractivity contribution is -0.141. The number of hydrogen-bond donors (Lipinski definition) is 0. The first-order valence-electron chi connectivity index (χ1n) is 12.5. The minimum atomic E-state index is -3.72. The highest BCUT2D eigenvalue weighted by atomic mass is 32.2. The molecule has 0 saturated carbocycles. The summed E-state index contributed by atoms with van der Waals surface area (Å²) in [5.41, 5.74) is 0.951. The Kier molecular flexibility index (Phi) is 9.86. The molecule has 0 bridgehead atoms. The van der Waals surface area contributed by atoms with Crippen molar-refractivity contribution in [2.75, 3.05) is 26.8 Å². The molecule has 206 valence electrons. The number of hydrogen-bond acceptors (Lipinski definition) is 7. The van der Waals surface area contributed by atoms with Crippen LogP contribution in [0.1, 0.15) is 45.0 Å². The molecule has 11 heteroatoms. The van der Waals surface area contributed by atoms with Crippen molar-refractivity contribution >= 4 is 43.5 Å². The van der Waals surface area contributed by atoms with Gasteiger partial charge in [-0.05, 0) is 61.2 Å². The Labute approximate surface area is 227 Å². The number of rotatable bonds is 11. The van der Waals surface area contributed by atoms with E-state index in [1.54, 1.807) is 10.6 Å². The topological polar surface area (TPSA) is 107 Å². The normalized spacial score (nSPS) is 12.6. The van der Waals surface area contributed by atoms with Crippen LogP contribution < -0.4 is 9.54 Å². The van der Waals surface area contributed by atoms with Gasteiger partial charge in [-0.15, -0.1) is 0 Å². The third kappa shape index (κ3) is 7.09. The summed E-state index contributed by atoms with van der Waals surface area (Å²) >= 11 is 1.25. The first kappa shape index (κ1) is 29.5. The summed E-state index contributed by atoms with van der Waals surface area (Å²) in [6.07, 6.45) is 0. The van der Waals surface area contributed by atoms with Crippen LogP contribution >= 0.6 is 11.3 Å². The highest BCUT2D eigenvalue weighted by molar-refractivity contribution is 7.89. The predicted molar refractivity (Wildman–Crippen MR) is 148 cm³/mol. The molecule has 0 radical (unpaired) electrons. The maximum absolute atomic E-state index is 13.3. The van der Waals surface area contributed by atoms with Gasteiger partial charge in [-0.1, -0.05) is 39.0 Å². The number of amides is 1. The number of methoxy groups -OCH3 is 1. The molecule has 0 N–H and O–H groups in total. The van der Waals surface area contributed by atoms with Crippen LogP contribution in [0.15, 0.2) is 52.4 Å². The molecule has 1 heterocycles. The standard InChI is InChI=1S/C27H35N3O6S2/c1-7-36-21-10-13-23-24(14-21)37-27(30(23)17-25(31)35-6)28-26(32)20-8-11-22(12-9-20)38(33,34)29(15-18(2)3)16-19(4)5/h8-14,18-19H,7,15-17H2,1-6H3. The van der Waals surface area contributed by atoms with E-state index in [-0.39, 0.29) is 28.8 Å². The third-order valence-electron chi connectivity index (χ3n) is 5.55. The number of nitrogens with zero attached hydrogens (tertiary/aromatic N) is 3. The largest absolute Gasteiger partial charge is 0.494 e. The summed E-state index contributed by atoms with van der Waals surface area (Å²) in [6, 6.07) is 11.2. The van der Waals surface area contributed by atoms with Crippen LogP contribution in [0.4, 0.5) is 0 Å². The van der Waals surface area contributed by atoms with Gasteiger partial charge >= 0.3 is 5.97 Å². The van der Waals surface area contributed by atoms with E-state index in [1.807, 2.05) is 46.8 Å². The summed E-state index contributed by atoms with van der Waals surface area (Å²) in [6.45, 7) is 11.0. The van der Waals surface area contributed by atoms with Crippen molar-refractivity contribution in [1.82, 2.24) is 8.87 Å². The fourth-order valence-electron chi connectivity index (χ4n) is 3.90. The molecule has 38 heavy (non-hydrogen) atoms. The van der Waals surface area contributed by atoms with E-state index in [0.29, 0.717) is 35.8 Å². The molecular formula is C27H35N3O6S2. The van der Waals surface area contributed by atoms with Crippen LogP contribution in [0.5, 0.6) is 5.75 Å². The average Bonchev–Trinajstić information content (AvgIpc) is 3.19. The highest BCUT2D eigenvalue weighted by Gasteiger charge is 2.26. The summed E-state index contributed by atoms with van der Waals surface area (Å²) in [5.74, 6) is -0.0125. The van der Waals surface area contributed by atoms with Gasteiger partial charge in [0.05, 0.1) is 28.8 Å². The molecule has 0 atom stereocenters. The Balaban J connectivity index is 1.98. The molecule has 1 aromatic heterocycles. The van der Waals surface area contributed by atoms with Gasteiger partial charge in [-0.2, -0.15) is 9.30 Å². The summed E-state index contributed by atoms with van der Waals surface area (Å²) in [7, 11) is -2.42. The Bertz CT molecular complexity index is 1440. The predicted octanol–water partition coefficient (Wildman–Crippen LogP) is 4.32. The number of fused-ring (bicyclic) bond motifs is 1. The number of benzene rings is 2. The molecule has 0 aliphatic rings. The lowest BCUT2D eigenvalue weighted by Crippen LogP contribution is -2.37. The minimum Gasteiger partial charge on any atom is -0.494 e. The van der Waals surface area contributed by atoms with Gasteiger partial charge in [0.25, 0.3) is 5.91 Å². The molecule has 3 rings (SSSR count). The smallest absolute Gasteiger partial charge is 0.325 e. The van der Waals surface area contributed by atoms with Crippen LogP contribution in [-0.2, 0) is 26.1 Å². The van der Waals surface area contributed by atoms with Gasteiger partial charge in [0.1, 0.15) is 12.3 Å². The zero-order chi connectivity index (χ0) is 28.0. The number of esters is 1. The molecule has 0 fully saturated rings. The van der Waals surface area contributed by atoms with Crippen LogP contribution in [0, 0.1) is 11.8 Å². The number of ether oxygens (including phenoxy) is 2. The summed E-state index contributed by atoms with van der Waals surface area (Å²) in [4.78, 5) is 29.9. The number of carbonyl (C=O) groups is 2. The highest BCUT2D eigenvalue weighted by Crippen LogP contribution is 2.24. The minimum absolute atomic E-state index is 0.116. The fraction of sp³-hybridized carbons (Fsp3) is 0.444. The monoisotopic (exact) mass is 561 g/mol. The Hall–Kier alpha value is -3.02. The fourth-order valence-corrected chi connectivity index (χ4v) is 6.72. The van der Waals surface area contributed by atoms with E-state index in [0.717, 1.165) is 4.70 Å². The van der Waals surface area contributed by atoms with Crippen LogP contribution in [-0.4, -0.2) is 56.0 Å². The molecule has 0 unspecified atom stereocenters. The molecule has 0 aliphatic carbocycles. The molecule has 3 aromatic rings. The maximum Gasteiger partial charge on any atom is 0.325 e. The summed E-state index contributed by atoms with van der Waals surface area (Å²) < 4.78 is 40.9. The van der Waals surface area contributed by atoms with Gasteiger partial charge in [0, 0.05) is 18.7 Å². The number of aromatic nitrogens is 1. The Morgan fingerprint density at radius 1 is 1.03 bits per heavy atom. The molecule has 9 nitrogen and oxygen atoms in total. The van der Waals surface area contributed by atoms with E-state index in [1.165, 1.54) is 47.0 Å². The number of carbonyl (C=O) groups excluding carboxylic acids is 2. The van der Waals surface area contributed by atoms with Gasteiger partial charge in [0.2, 0.25) is 10.0 Å². The number of thiazole rings is 1. The molecule has 1 amide bonds. The van der Waals surface area contributed by atoms with Crippen molar-refractivity contribution in [3.05, 3.63) is 52.8 Å². The lowest BCUT2D eigenvalue weighted by atomic mass is 10.2. The molecule has 0 spiro atoms. The Morgan fingerprint density at radius 2 is 1.66 bits per heavy atom. The third-order valence-corrected chi connectivity index (χ3v) is 8.44. The number of sulfonamides is 1. The van der Waals surface area contributed by atoms with Gasteiger partial charge in [-0.3, -0.25) is 9.59 Å². The van der Waals surface area contributed by atoms with Gasteiger partial charge in [-0.25, -0.2) is 8.42 Å². The lowest BCUT2D eigenvalue weighted by Gasteiger charge is -2.25. The van der Waals surface area contributed by atoms with Crippen molar-refractivity contribution in [2.45, 2.75) is 46.1 Å². The van der Waals surface area contributed by atoms with Crippen LogP contribution in [0.25, 0.3) is 10.2 Å². The van der Waals surface area contributed by atoms with Gasteiger partial charge in [0.15, 0.2) is 4.80 Å². The average molecular weight is 562 g/mol. The van der Waals surface area contributed by atoms with Crippen LogP contribution in [0.2, 0.25) is 0 Å². The molecule has 2 aromatic carbocycles. The van der Waals surface area contributed by atoms with Crippen molar-refractivity contribution in [1.29, 1.82) is 0 Å². The quantitative estimate of drug-likeness (QED) is 0.323. The van der Waals surface area contributed by atoms with Crippen molar-refractivity contribution < 1.29 is 27.5 Å². The van der Waals surface area contributed by atoms with E-state index >= 15 is 0 Å². The Morgan fingerprint density at radius 3 is 2.21 bits per heavy atom. The van der Waals surface area contributed by atoms with E-state index in [9.17, 15) is 18.0 Å². The zero-order valence-electron chi connectivity index (χ0n) is 22.6. The first-order valence-corrected chi connectivity index (χ1v) is 14.7. The second-order valence-corrected chi connectivity index (χ2v) is 12.6. The second-order valence-electron chi connectivity index (χ2n) is 9.66. The van der Waals surface area contributed by atoms with Gasteiger partial charge < -0.3 is 14.0 Å². The van der Waals surface area contributed by atoms with Crippen molar-refractivity contribution in [2.24, 2.45) is 16.8 Å². The van der Waals surface area contributed by atoms with E-state index in [2.05, 4.69) is 4.99 Å². The van der Waals surface area contributed by atoms with Crippen LogP contribution in [0.3, 0.4) is 0 Å². The molecule has 0 aliphatic heterocycles. The second kappa shape index (κ2) is 12.7. The first-order chi connectivity index (χ1) is 18.0. The molecule has 0 saturated heterocycles. The maximum atomic E-state index is 13.3.